The van der Waals surface area contributed by atoms with E-state index >= 15 is 0 Å². The summed E-state index contributed by atoms with van der Waals surface area (Å²) in [7, 11) is 0. The van der Waals surface area contributed by atoms with Gasteiger partial charge in [0.15, 0.2) is 0 Å². The Morgan fingerprint density at radius 3 is 2.44 bits per heavy atom. The van der Waals surface area contributed by atoms with Gasteiger partial charge in [0.2, 0.25) is 0 Å². The van der Waals surface area contributed by atoms with Crippen LogP contribution in [-0.2, 0) is 0 Å². The maximum absolute atomic E-state index is 12.4. The van der Waals surface area contributed by atoms with E-state index in [4.69, 9.17) is 5.73 Å². The highest BCUT2D eigenvalue weighted by Crippen LogP contribution is 2.36. The predicted octanol–water partition coefficient (Wildman–Crippen LogP) is 2.50. The summed E-state index contributed by atoms with van der Waals surface area (Å²) < 4.78 is 41.2. The number of hydrogen-bond acceptors (Lipinski definition) is 4. The molecular formula is C9H12F3N3S. The number of halogens is 3. The van der Waals surface area contributed by atoms with Crippen LogP contribution >= 0.6 is 11.5 Å². The van der Waals surface area contributed by atoms with Crippen LogP contribution in [0.15, 0.2) is 6.07 Å². The minimum atomic E-state index is -4.06. The molecule has 0 amide bonds. The fourth-order valence-corrected chi connectivity index (χ4v) is 2.58. The van der Waals surface area contributed by atoms with Crippen LogP contribution in [0.25, 0.3) is 0 Å². The first-order valence-electron chi connectivity index (χ1n) is 5.00. The molecule has 0 radical (unpaired) electrons. The van der Waals surface area contributed by atoms with Gasteiger partial charge in [-0.3, -0.25) is 0 Å². The molecule has 1 aliphatic rings. The highest BCUT2D eigenvalue weighted by Gasteiger charge is 2.41. The Morgan fingerprint density at radius 2 is 2.00 bits per heavy atom. The average molecular weight is 251 g/mol. The van der Waals surface area contributed by atoms with Gasteiger partial charge >= 0.3 is 6.18 Å². The maximum Gasteiger partial charge on any atom is 0.391 e. The third-order valence-corrected chi connectivity index (χ3v) is 3.65. The normalized spacial score (nSPS) is 19.1. The van der Waals surface area contributed by atoms with Crippen LogP contribution in [0.5, 0.6) is 0 Å². The molecule has 16 heavy (non-hydrogen) atoms. The number of nitrogens with zero attached hydrogens (tertiary/aromatic N) is 2. The van der Waals surface area contributed by atoms with Gasteiger partial charge in [-0.2, -0.15) is 17.5 Å². The summed E-state index contributed by atoms with van der Waals surface area (Å²) in [6, 6.07) is 1.71. The molecule has 1 saturated heterocycles. The second-order valence-electron chi connectivity index (χ2n) is 3.89. The Balaban J connectivity index is 1.95. The Kier molecular flexibility index (Phi) is 2.96. The summed E-state index contributed by atoms with van der Waals surface area (Å²) in [4.78, 5) is 1.91. The van der Waals surface area contributed by atoms with Gasteiger partial charge in [-0.15, -0.1) is 0 Å². The largest absolute Gasteiger partial charge is 0.391 e. The molecule has 3 nitrogen and oxygen atoms in total. The zero-order chi connectivity index (χ0) is 11.8. The molecule has 0 saturated carbocycles. The van der Waals surface area contributed by atoms with E-state index in [1.54, 1.807) is 6.07 Å². The van der Waals surface area contributed by atoms with E-state index in [0.29, 0.717) is 18.9 Å². The molecule has 0 aliphatic carbocycles. The van der Waals surface area contributed by atoms with Crippen molar-refractivity contribution in [1.29, 1.82) is 0 Å². The first-order valence-corrected chi connectivity index (χ1v) is 5.78. The van der Waals surface area contributed by atoms with Crippen LogP contribution in [0, 0.1) is 5.92 Å². The van der Waals surface area contributed by atoms with Crippen molar-refractivity contribution in [2.45, 2.75) is 19.0 Å². The van der Waals surface area contributed by atoms with Gasteiger partial charge in [-0.1, -0.05) is 0 Å². The van der Waals surface area contributed by atoms with Crippen molar-refractivity contribution in [2.24, 2.45) is 5.92 Å². The van der Waals surface area contributed by atoms with Crippen LogP contribution in [0.3, 0.4) is 0 Å². The SMILES string of the molecule is Nc1cc(N2CCC(C(F)(F)F)CC2)sn1. The fourth-order valence-electron chi connectivity index (χ4n) is 1.85. The molecule has 0 atom stereocenters. The van der Waals surface area contributed by atoms with E-state index in [1.807, 2.05) is 4.90 Å². The van der Waals surface area contributed by atoms with E-state index in [1.165, 1.54) is 11.5 Å². The Labute approximate surface area is 95.2 Å². The van der Waals surface area contributed by atoms with Crippen molar-refractivity contribution < 1.29 is 13.2 Å². The van der Waals surface area contributed by atoms with Crippen molar-refractivity contribution in [3.05, 3.63) is 6.07 Å². The summed E-state index contributed by atoms with van der Waals surface area (Å²) in [6.07, 6.45) is -3.75. The number of hydrogen-bond donors (Lipinski definition) is 1. The monoisotopic (exact) mass is 251 g/mol. The average Bonchev–Trinajstić information content (AvgIpc) is 2.64. The van der Waals surface area contributed by atoms with Gasteiger partial charge in [0.1, 0.15) is 10.8 Å². The minimum absolute atomic E-state index is 0.154. The molecule has 1 aromatic heterocycles. The molecular weight excluding hydrogens is 239 g/mol. The van der Waals surface area contributed by atoms with Gasteiger partial charge in [-0.05, 0) is 24.4 Å². The smallest absolute Gasteiger partial charge is 0.383 e. The molecule has 2 N–H and O–H groups in total. The van der Waals surface area contributed by atoms with E-state index < -0.39 is 12.1 Å². The highest BCUT2D eigenvalue weighted by molar-refractivity contribution is 7.10. The summed E-state index contributed by atoms with van der Waals surface area (Å²) in [5.41, 5.74) is 5.47. The lowest BCUT2D eigenvalue weighted by Gasteiger charge is -2.33. The molecule has 1 aromatic rings. The number of anilines is 2. The van der Waals surface area contributed by atoms with E-state index in [2.05, 4.69) is 4.37 Å². The van der Waals surface area contributed by atoms with Crippen molar-refractivity contribution in [2.75, 3.05) is 23.7 Å². The summed E-state index contributed by atoms with van der Waals surface area (Å²) in [6.45, 7) is 0.845. The van der Waals surface area contributed by atoms with Gasteiger partial charge < -0.3 is 10.6 Å². The highest BCUT2D eigenvalue weighted by atomic mass is 32.1. The second kappa shape index (κ2) is 4.12. The summed E-state index contributed by atoms with van der Waals surface area (Å²) in [5.74, 6) is -0.730. The zero-order valence-electron chi connectivity index (χ0n) is 8.50. The summed E-state index contributed by atoms with van der Waals surface area (Å²) in [5, 5.41) is 0.859. The number of rotatable bonds is 1. The molecule has 2 rings (SSSR count). The van der Waals surface area contributed by atoms with Crippen LogP contribution in [-0.4, -0.2) is 23.6 Å². The Hall–Kier alpha value is -0.980. The van der Waals surface area contributed by atoms with Gasteiger partial charge in [0.25, 0.3) is 0 Å². The van der Waals surface area contributed by atoms with E-state index in [-0.39, 0.29) is 12.8 Å². The number of nitrogen functional groups attached to an aromatic ring is 1. The molecule has 90 valence electrons. The van der Waals surface area contributed by atoms with Crippen molar-refractivity contribution >= 4 is 22.4 Å². The molecule has 1 aliphatic heterocycles. The molecule has 0 spiro atoms. The molecule has 0 bridgehead atoms. The number of aromatic nitrogens is 1. The third kappa shape index (κ3) is 2.40. The Morgan fingerprint density at radius 1 is 1.38 bits per heavy atom. The van der Waals surface area contributed by atoms with Crippen LogP contribution in [0.4, 0.5) is 24.0 Å². The molecule has 0 aromatic carbocycles. The molecule has 7 heteroatoms. The van der Waals surface area contributed by atoms with Crippen molar-refractivity contribution in [1.82, 2.24) is 4.37 Å². The Bertz CT molecular complexity index is 355. The second-order valence-corrected chi connectivity index (χ2v) is 4.68. The lowest BCUT2D eigenvalue weighted by Crippen LogP contribution is -2.38. The maximum atomic E-state index is 12.4. The lowest BCUT2D eigenvalue weighted by atomic mass is 9.96. The summed E-state index contributed by atoms with van der Waals surface area (Å²) >= 11 is 1.23. The first kappa shape index (κ1) is 11.5. The lowest BCUT2D eigenvalue weighted by molar-refractivity contribution is -0.179. The van der Waals surface area contributed by atoms with Crippen LogP contribution in [0.1, 0.15) is 12.8 Å². The van der Waals surface area contributed by atoms with Crippen molar-refractivity contribution in [3.63, 3.8) is 0 Å². The van der Waals surface area contributed by atoms with E-state index in [0.717, 1.165) is 5.00 Å². The third-order valence-electron chi connectivity index (χ3n) is 2.79. The predicted molar refractivity (Wildman–Crippen MR) is 57.5 cm³/mol. The van der Waals surface area contributed by atoms with E-state index in [9.17, 15) is 13.2 Å². The van der Waals surface area contributed by atoms with Crippen LogP contribution < -0.4 is 10.6 Å². The quantitative estimate of drug-likeness (QED) is 0.833. The molecule has 1 fully saturated rings. The van der Waals surface area contributed by atoms with Crippen molar-refractivity contribution in [3.8, 4) is 0 Å². The topological polar surface area (TPSA) is 42.1 Å². The van der Waals surface area contributed by atoms with Gasteiger partial charge in [0.05, 0.1) is 5.92 Å². The number of piperidine rings is 1. The zero-order valence-corrected chi connectivity index (χ0v) is 9.31. The standard InChI is InChI=1S/C9H12F3N3S/c10-9(11,12)6-1-3-15(4-2-6)8-5-7(13)14-16-8/h5-6H,1-4H2,(H2,13,14). The number of nitrogens with two attached hydrogens (primary N) is 1. The molecule has 2 heterocycles. The first-order chi connectivity index (χ1) is 7.47. The van der Waals surface area contributed by atoms with Gasteiger partial charge in [-0.25, -0.2) is 0 Å². The molecule has 0 unspecified atom stereocenters. The van der Waals surface area contributed by atoms with Crippen LogP contribution in [0.2, 0.25) is 0 Å². The fraction of sp³-hybridized carbons (Fsp3) is 0.667. The van der Waals surface area contributed by atoms with Gasteiger partial charge in [0, 0.05) is 19.2 Å². The number of alkyl halides is 3. The minimum Gasteiger partial charge on any atom is -0.383 e.